The summed E-state index contributed by atoms with van der Waals surface area (Å²) in [6.07, 6.45) is 0. The minimum Gasteiger partial charge on any atom is -0.496 e. The summed E-state index contributed by atoms with van der Waals surface area (Å²) >= 11 is 0. The summed E-state index contributed by atoms with van der Waals surface area (Å²) in [5.74, 6) is 1.16. The van der Waals surface area contributed by atoms with Crippen LogP contribution in [-0.4, -0.2) is 43.7 Å². The van der Waals surface area contributed by atoms with Crippen LogP contribution in [0.1, 0.15) is 5.76 Å². The lowest BCUT2D eigenvalue weighted by Gasteiger charge is -2.29. The third-order valence-electron chi connectivity index (χ3n) is 3.55. The molecular weight excluding hydrogens is 272 g/mol. The van der Waals surface area contributed by atoms with Gasteiger partial charge in [-0.1, -0.05) is 5.16 Å². The maximum Gasteiger partial charge on any atom is 0.162 e. The molecule has 0 amide bonds. The molecule has 1 aromatic carbocycles. The molecule has 0 aliphatic carbocycles. The maximum absolute atomic E-state index is 9.10. The van der Waals surface area contributed by atoms with E-state index in [1.165, 1.54) is 0 Å². The summed E-state index contributed by atoms with van der Waals surface area (Å²) in [7, 11) is 1.63. The highest BCUT2D eigenvalue weighted by molar-refractivity contribution is 5.72. The molecule has 0 bridgehead atoms. The summed E-state index contributed by atoms with van der Waals surface area (Å²) in [6.45, 7) is 3.04. The van der Waals surface area contributed by atoms with Gasteiger partial charge in [-0.05, 0) is 18.2 Å². The standard InChI is InChI=1S/C15H18N2O4/c1-19-15-3-2-11(17-4-6-20-7-5-17)8-13(15)14-9-12(10-18)21-16-14/h2-3,8-9,18H,4-7,10H2,1H3. The normalized spacial score (nSPS) is 15.2. The molecule has 0 atom stereocenters. The highest BCUT2D eigenvalue weighted by atomic mass is 16.5. The van der Waals surface area contributed by atoms with E-state index in [9.17, 15) is 0 Å². The molecule has 1 aliphatic heterocycles. The Morgan fingerprint density at radius 2 is 2.10 bits per heavy atom. The zero-order valence-electron chi connectivity index (χ0n) is 11.9. The number of nitrogens with zero attached hydrogens (tertiary/aromatic N) is 2. The fourth-order valence-electron chi connectivity index (χ4n) is 2.43. The Morgan fingerprint density at radius 1 is 1.29 bits per heavy atom. The summed E-state index contributed by atoms with van der Waals surface area (Å²) in [5, 5.41) is 13.1. The third kappa shape index (κ3) is 2.86. The van der Waals surface area contributed by atoms with Gasteiger partial charge in [-0.25, -0.2) is 0 Å². The van der Waals surface area contributed by atoms with Crippen molar-refractivity contribution in [3.05, 3.63) is 30.0 Å². The first-order valence-electron chi connectivity index (χ1n) is 6.89. The van der Waals surface area contributed by atoms with Crippen molar-refractivity contribution >= 4 is 5.69 Å². The highest BCUT2D eigenvalue weighted by Crippen LogP contribution is 2.33. The zero-order chi connectivity index (χ0) is 14.7. The second kappa shape index (κ2) is 6.15. The first kappa shape index (κ1) is 13.9. The van der Waals surface area contributed by atoms with Gasteiger partial charge in [-0.3, -0.25) is 0 Å². The number of ether oxygens (including phenoxy) is 2. The molecule has 1 N–H and O–H groups in total. The van der Waals surface area contributed by atoms with E-state index in [0.29, 0.717) is 11.5 Å². The molecule has 21 heavy (non-hydrogen) atoms. The molecule has 3 rings (SSSR count). The van der Waals surface area contributed by atoms with Gasteiger partial charge in [-0.2, -0.15) is 0 Å². The number of aliphatic hydroxyl groups is 1. The monoisotopic (exact) mass is 290 g/mol. The van der Waals surface area contributed by atoms with E-state index >= 15 is 0 Å². The van der Waals surface area contributed by atoms with Crippen molar-refractivity contribution in [3.8, 4) is 17.0 Å². The number of morpholine rings is 1. The molecule has 0 saturated carbocycles. The second-order valence-electron chi connectivity index (χ2n) is 4.82. The number of hydrogen-bond donors (Lipinski definition) is 1. The van der Waals surface area contributed by atoms with E-state index in [1.807, 2.05) is 18.2 Å². The summed E-state index contributed by atoms with van der Waals surface area (Å²) in [5.41, 5.74) is 2.61. The van der Waals surface area contributed by atoms with Crippen LogP contribution in [0, 0.1) is 0 Å². The van der Waals surface area contributed by atoms with Crippen LogP contribution < -0.4 is 9.64 Å². The molecule has 0 spiro atoms. The predicted octanol–water partition coefficient (Wildman–Crippen LogP) is 1.68. The maximum atomic E-state index is 9.10. The summed E-state index contributed by atoms with van der Waals surface area (Å²) in [6, 6.07) is 7.71. The van der Waals surface area contributed by atoms with Gasteiger partial charge in [0.15, 0.2) is 5.76 Å². The predicted molar refractivity (Wildman–Crippen MR) is 77.4 cm³/mol. The lowest BCUT2D eigenvalue weighted by atomic mass is 10.1. The van der Waals surface area contributed by atoms with Gasteiger partial charge in [-0.15, -0.1) is 0 Å². The largest absolute Gasteiger partial charge is 0.496 e. The van der Waals surface area contributed by atoms with Crippen molar-refractivity contribution in [2.75, 3.05) is 38.3 Å². The van der Waals surface area contributed by atoms with Crippen molar-refractivity contribution in [2.45, 2.75) is 6.61 Å². The van der Waals surface area contributed by atoms with Crippen LogP contribution in [0.15, 0.2) is 28.8 Å². The first-order valence-corrected chi connectivity index (χ1v) is 6.89. The smallest absolute Gasteiger partial charge is 0.162 e. The van der Waals surface area contributed by atoms with Crippen LogP contribution >= 0.6 is 0 Å². The van der Waals surface area contributed by atoms with Gasteiger partial charge in [0.2, 0.25) is 0 Å². The number of aromatic nitrogens is 1. The minimum atomic E-state index is -0.168. The van der Waals surface area contributed by atoms with Crippen LogP contribution in [0.4, 0.5) is 5.69 Å². The van der Waals surface area contributed by atoms with Gasteiger partial charge in [0.25, 0.3) is 0 Å². The van der Waals surface area contributed by atoms with Crippen molar-refractivity contribution in [2.24, 2.45) is 0 Å². The Balaban J connectivity index is 1.96. The SMILES string of the molecule is COc1ccc(N2CCOCC2)cc1-c1cc(CO)on1. The lowest BCUT2D eigenvalue weighted by molar-refractivity contribution is 0.122. The number of aliphatic hydroxyl groups excluding tert-OH is 1. The van der Waals surface area contributed by atoms with Crippen molar-refractivity contribution in [3.63, 3.8) is 0 Å². The zero-order valence-corrected chi connectivity index (χ0v) is 11.9. The Hall–Kier alpha value is -2.05. The summed E-state index contributed by atoms with van der Waals surface area (Å²) in [4.78, 5) is 2.26. The fourth-order valence-corrected chi connectivity index (χ4v) is 2.43. The molecule has 2 heterocycles. The molecule has 6 nitrogen and oxygen atoms in total. The quantitative estimate of drug-likeness (QED) is 0.924. The van der Waals surface area contributed by atoms with Crippen LogP contribution in [-0.2, 0) is 11.3 Å². The van der Waals surface area contributed by atoms with Crippen LogP contribution in [0.5, 0.6) is 5.75 Å². The Labute approximate surface area is 122 Å². The van der Waals surface area contributed by atoms with E-state index in [0.717, 1.165) is 43.3 Å². The molecule has 6 heteroatoms. The Kier molecular flexibility index (Phi) is 4.08. The van der Waals surface area contributed by atoms with E-state index in [2.05, 4.69) is 10.1 Å². The molecule has 1 aliphatic rings. The Morgan fingerprint density at radius 3 is 2.76 bits per heavy atom. The molecule has 2 aromatic rings. The van der Waals surface area contributed by atoms with E-state index < -0.39 is 0 Å². The van der Waals surface area contributed by atoms with Gasteiger partial charge in [0, 0.05) is 30.4 Å². The third-order valence-corrected chi connectivity index (χ3v) is 3.55. The van der Waals surface area contributed by atoms with Crippen molar-refractivity contribution < 1.29 is 19.1 Å². The van der Waals surface area contributed by atoms with E-state index in [-0.39, 0.29) is 6.61 Å². The van der Waals surface area contributed by atoms with E-state index in [4.69, 9.17) is 19.1 Å². The van der Waals surface area contributed by atoms with Gasteiger partial charge in [0.1, 0.15) is 18.1 Å². The molecular formula is C15H18N2O4. The summed E-state index contributed by atoms with van der Waals surface area (Å²) < 4.78 is 15.8. The molecule has 0 unspecified atom stereocenters. The van der Waals surface area contributed by atoms with Gasteiger partial charge >= 0.3 is 0 Å². The number of rotatable bonds is 4. The molecule has 112 valence electrons. The molecule has 1 fully saturated rings. The van der Waals surface area contributed by atoms with Gasteiger partial charge in [0.05, 0.1) is 20.3 Å². The van der Waals surface area contributed by atoms with Crippen molar-refractivity contribution in [1.29, 1.82) is 0 Å². The minimum absolute atomic E-state index is 0.168. The van der Waals surface area contributed by atoms with Crippen LogP contribution in [0.2, 0.25) is 0 Å². The molecule has 0 radical (unpaired) electrons. The second-order valence-corrected chi connectivity index (χ2v) is 4.82. The number of methoxy groups -OCH3 is 1. The van der Waals surface area contributed by atoms with Crippen LogP contribution in [0.25, 0.3) is 11.3 Å². The Bertz CT molecular complexity index is 605. The van der Waals surface area contributed by atoms with Gasteiger partial charge < -0.3 is 24.0 Å². The lowest BCUT2D eigenvalue weighted by Crippen LogP contribution is -2.36. The topological polar surface area (TPSA) is 68.0 Å². The molecule has 1 saturated heterocycles. The molecule has 1 aromatic heterocycles. The number of anilines is 1. The number of hydrogen-bond acceptors (Lipinski definition) is 6. The fraction of sp³-hybridized carbons (Fsp3) is 0.400. The first-order chi connectivity index (χ1) is 10.3. The number of benzene rings is 1. The highest BCUT2D eigenvalue weighted by Gasteiger charge is 2.16. The van der Waals surface area contributed by atoms with Crippen molar-refractivity contribution in [1.82, 2.24) is 5.16 Å². The van der Waals surface area contributed by atoms with Crippen LogP contribution in [0.3, 0.4) is 0 Å². The van der Waals surface area contributed by atoms with E-state index in [1.54, 1.807) is 13.2 Å². The average Bonchev–Trinajstić information content (AvgIpc) is 3.04. The average molecular weight is 290 g/mol.